The van der Waals surface area contributed by atoms with E-state index in [0.717, 1.165) is 34.0 Å². The standard InChI is InChI=1S/C24H30BrN3O6/c1-24(2,3)15-10-9-14(17(25)11-15)13-27-21(32)19(20(31)26-12-18(29)30)22(33)28(23(27)34)16-7-5-4-6-8-16/h9-11,16,33H,4-8,12-13H2,1-3H3,(H,26,31)(H,29,30). The van der Waals surface area contributed by atoms with Gasteiger partial charge in [-0.15, -0.1) is 0 Å². The normalized spacial score (nSPS) is 14.7. The number of aromatic hydroxyl groups is 1. The zero-order valence-electron chi connectivity index (χ0n) is 19.6. The number of halogens is 1. The third-order valence-electron chi connectivity index (χ3n) is 6.16. The second kappa shape index (κ2) is 10.2. The Morgan fingerprint density at radius 1 is 1.15 bits per heavy atom. The molecule has 0 atom stereocenters. The van der Waals surface area contributed by atoms with Gasteiger partial charge in [-0.1, -0.05) is 68.1 Å². The van der Waals surface area contributed by atoms with Crippen molar-refractivity contribution in [3.63, 3.8) is 0 Å². The SMILES string of the molecule is CC(C)(C)c1ccc(Cn2c(=O)c(C(=O)NCC(=O)O)c(O)n(C3CCCCC3)c2=O)c(Br)c1. The van der Waals surface area contributed by atoms with E-state index in [-0.39, 0.29) is 18.0 Å². The topological polar surface area (TPSA) is 131 Å². The predicted octanol–water partition coefficient (Wildman–Crippen LogP) is 3.14. The third-order valence-corrected chi connectivity index (χ3v) is 6.90. The molecular weight excluding hydrogens is 506 g/mol. The van der Waals surface area contributed by atoms with E-state index in [2.05, 4.69) is 42.0 Å². The molecule has 3 rings (SSSR count). The maximum atomic E-state index is 13.4. The summed E-state index contributed by atoms with van der Waals surface area (Å²) >= 11 is 3.53. The second-order valence-corrected chi connectivity index (χ2v) is 10.5. The van der Waals surface area contributed by atoms with Crippen LogP contribution in [0.5, 0.6) is 5.88 Å². The van der Waals surface area contributed by atoms with Crippen LogP contribution in [0, 0.1) is 0 Å². The van der Waals surface area contributed by atoms with E-state index < -0.39 is 41.1 Å². The molecule has 1 fully saturated rings. The highest BCUT2D eigenvalue weighted by Gasteiger charge is 2.29. The third kappa shape index (κ3) is 5.43. The minimum absolute atomic E-state index is 0.0977. The van der Waals surface area contributed by atoms with E-state index in [1.165, 1.54) is 0 Å². The maximum absolute atomic E-state index is 13.4. The Morgan fingerprint density at radius 2 is 1.79 bits per heavy atom. The minimum atomic E-state index is -1.29. The number of nitrogens with zero attached hydrogens (tertiary/aromatic N) is 2. The van der Waals surface area contributed by atoms with Gasteiger partial charge in [0.25, 0.3) is 11.5 Å². The Labute approximate surface area is 205 Å². The van der Waals surface area contributed by atoms with Crippen LogP contribution in [0.4, 0.5) is 0 Å². The molecule has 1 heterocycles. The van der Waals surface area contributed by atoms with Crippen LogP contribution in [0.15, 0.2) is 32.3 Å². The van der Waals surface area contributed by atoms with Crippen LogP contribution in [0.1, 0.15) is 80.4 Å². The highest BCUT2D eigenvalue weighted by atomic mass is 79.9. The number of benzene rings is 1. The summed E-state index contributed by atoms with van der Waals surface area (Å²) in [5.41, 5.74) is -0.673. The van der Waals surface area contributed by atoms with Crippen molar-refractivity contribution in [1.82, 2.24) is 14.5 Å². The van der Waals surface area contributed by atoms with Crippen molar-refractivity contribution in [2.75, 3.05) is 6.54 Å². The summed E-state index contributed by atoms with van der Waals surface area (Å²) in [6.07, 6.45) is 3.98. The molecule has 184 valence electrons. The number of hydrogen-bond acceptors (Lipinski definition) is 5. The maximum Gasteiger partial charge on any atom is 0.334 e. The van der Waals surface area contributed by atoms with Crippen molar-refractivity contribution >= 4 is 27.8 Å². The number of aromatic nitrogens is 2. The number of aliphatic carboxylic acids is 1. The first-order valence-corrected chi connectivity index (χ1v) is 12.1. The zero-order chi connectivity index (χ0) is 25.2. The number of rotatable bonds is 6. The lowest BCUT2D eigenvalue weighted by atomic mass is 9.87. The van der Waals surface area contributed by atoms with Gasteiger partial charge < -0.3 is 15.5 Å². The molecule has 34 heavy (non-hydrogen) atoms. The molecule has 1 saturated carbocycles. The van der Waals surface area contributed by atoms with Gasteiger partial charge in [-0.05, 0) is 35.4 Å². The zero-order valence-corrected chi connectivity index (χ0v) is 21.1. The predicted molar refractivity (Wildman–Crippen MR) is 131 cm³/mol. The van der Waals surface area contributed by atoms with Gasteiger partial charge in [0.05, 0.1) is 6.54 Å². The van der Waals surface area contributed by atoms with Crippen LogP contribution < -0.4 is 16.6 Å². The number of hydrogen-bond donors (Lipinski definition) is 3. The van der Waals surface area contributed by atoms with Crippen LogP contribution in [0.2, 0.25) is 0 Å². The van der Waals surface area contributed by atoms with E-state index in [9.17, 15) is 24.3 Å². The molecule has 0 spiro atoms. The minimum Gasteiger partial charge on any atom is -0.494 e. The molecule has 3 N–H and O–H groups in total. The number of carboxylic acid groups (broad SMARTS) is 1. The van der Waals surface area contributed by atoms with Gasteiger partial charge in [0.2, 0.25) is 5.88 Å². The number of carbonyl (C=O) groups is 2. The molecule has 1 aliphatic rings. The Morgan fingerprint density at radius 3 is 2.35 bits per heavy atom. The monoisotopic (exact) mass is 535 g/mol. The van der Waals surface area contributed by atoms with Crippen LogP contribution in [0.25, 0.3) is 0 Å². The number of carboxylic acids is 1. The van der Waals surface area contributed by atoms with Gasteiger partial charge in [0.1, 0.15) is 6.54 Å². The molecule has 2 aromatic rings. The Bertz CT molecular complexity index is 1220. The summed E-state index contributed by atoms with van der Waals surface area (Å²) in [5.74, 6) is -3.05. The lowest BCUT2D eigenvalue weighted by molar-refractivity contribution is -0.135. The molecular formula is C24H30BrN3O6. The van der Waals surface area contributed by atoms with E-state index in [1.807, 2.05) is 18.2 Å². The Hall–Kier alpha value is -2.88. The number of carbonyl (C=O) groups excluding carboxylic acids is 1. The van der Waals surface area contributed by atoms with Gasteiger partial charge in [0, 0.05) is 10.5 Å². The van der Waals surface area contributed by atoms with E-state index in [4.69, 9.17) is 5.11 Å². The molecule has 10 heteroatoms. The molecule has 0 radical (unpaired) electrons. The van der Waals surface area contributed by atoms with Gasteiger partial charge in [-0.2, -0.15) is 0 Å². The average Bonchev–Trinajstić information content (AvgIpc) is 2.76. The molecule has 0 aliphatic heterocycles. The Balaban J connectivity index is 2.15. The molecule has 0 saturated heterocycles. The lowest BCUT2D eigenvalue weighted by Crippen LogP contribution is -2.46. The molecule has 1 aromatic heterocycles. The molecule has 0 bridgehead atoms. The summed E-state index contributed by atoms with van der Waals surface area (Å²) in [5, 5.41) is 21.9. The molecule has 0 unspecified atom stereocenters. The molecule has 1 aliphatic carbocycles. The lowest BCUT2D eigenvalue weighted by Gasteiger charge is -2.26. The highest BCUT2D eigenvalue weighted by Crippen LogP contribution is 2.31. The molecule has 1 aromatic carbocycles. The largest absolute Gasteiger partial charge is 0.494 e. The van der Waals surface area contributed by atoms with Crippen LogP contribution in [-0.4, -0.2) is 37.8 Å². The van der Waals surface area contributed by atoms with Crippen molar-refractivity contribution in [3.05, 3.63) is 60.2 Å². The quantitative estimate of drug-likeness (QED) is 0.520. The van der Waals surface area contributed by atoms with Gasteiger partial charge in [-0.25, -0.2) is 4.79 Å². The first-order valence-electron chi connectivity index (χ1n) is 11.3. The van der Waals surface area contributed by atoms with Gasteiger partial charge in [0.15, 0.2) is 5.56 Å². The van der Waals surface area contributed by atoms with E-state index in [1.54, 1.807) is 0 Å². The average molecular weight is 536 g/mol. The van der Waals surface area contributed by atoms with Crippen molar-refractivity contribution in [2.45, 2.75) is 70.9 Å². The fraction of sp³-hybridized carbons (Fsp3) is 0.500. The van der Waals surface area contributed by atoms with Crippen LogP contribution in [-0.2, 0) is 16.8 Å². The van der Waals surface area contributed by atoms with Crippen LogP contribution >= 0.6 is 15.9 Å². The smallest absolute Gasteiger partial charge is 0.334 e. The fourth-order valence-electron chi connectivity index (χ4n) is 4.22. The van der Waals surface area contributed by atoms with Crippen molar-refractivity contribution in [2.24, 2.45) is 0 Å². The number of nitrogens with one attached hydrogen (secondary N) is 1. The molecule has 1 amide bonds. The highest BCUT2D eigenvalue weighted by molar-refractivity contribution is 9.10. The van der Waals surface area contributed by atoms with E-state index in [0.29, 0.717) is 22.9 Å². The van der Waals surface area contributed by atoms with Crippen molar-refractivity contribution < 1.29 is 19.8 Å². The fourth-order valence-corrected chi connectivity index (χ4v) is 4.73. The van der Waals surface area contributed by atoms with Crippen LogP contribution in [0.3, 0.4) is 0 Å². The first-order chi connectivity index (χ1) is 15.9. The Kier molecular flexibility index (Phi) is 7.70. The van der Waals surface area contributed by atoms with Crippen molar-refractivity contribution in [1.29, 1.82) is 0 Å². The summed E-state index contributed by atoms with van der Waals surface area (Å²) in [4.78, 5) is 50.2. The summed E-state index contributed by atoms with van der Waals surface area (Å²) in [6.45, 7) is 5.38. The van der Waals surface area contributed by atoms with E-state index >= 15 is 0 Å². The summed E-state index contributed by atoms with van der Waals surface area (Å²) < 4.78 is 2.76. The molecule has 9 nitrogen and oxygen atoms in total. The van der Waals surface area contributed by atoms with Crippen molar-refractivity contribution in [3.8, 4) is 5.88 Å². The number of amides is 1. The van der Waals surface area contributed by atoms with Gasteiger partial charge in [-0.3, -0.25) is 23.5 Å². The summed E-state index contributed by atoms with van der Waals surface area (Å²) in [6, 6.07) is 5.32. The van der Waals surface area contributed by atoms with Gasteiger partial charge >= 0.3 is 11.7 Å². The second-order valence-electron chi connectivity index (χ2n) is 9.67. The summed E-state index contributed by atoms with van der Waals surface area (Å²) in [7, 11) is 0. The first kappa shape index (κ1) is 25.7.